The second kappa shape index (κ2) is 7.21. The van der Waals surface area contributed by atoms with Gasteiger partial charge in [-0.05, 0) is 35.4 Å². The number of rotatable bonds is 4. The number of halogens is 1. The smallest absolute Gasteiger partial charge is 0.317 e. The zero-order valence-corrected chi connectivity index (χ0v) is 13.4. The van der Waals surface area contributed by atoms with Crippen LogP contribution in [0.5, 0.6) is 11.5 Å². The highest BCUT2D eigenvalue weighted by Crippen LogP contribution is 2.30. The Morgan fingerprint density at radius 2 is 1.75 bits per heavy atom. The number of carbonyl (C=O) groups excluding carboxylic acids is 1. The summed E-state index contributed by atoms with van der Waals surface area (Å²) >= 11 is 0. The Labute approximate surface area is 140 Å². The minimum atomic E-state index is -0.288. The third-order valence-corrected chi connectivity index (χ3v) is 3.73. The number of carbonyl (C=O) groups is 1. The Balaban J connectivity index is 1.54. The molecule has 24 heavy (non-hydrogen) atoms. The van der Waals surface area contributed by atoms with Crippen LogP contribution in [0.4, 0.5) is 9.18 Å². The fourth-order valence-electron chi connectivity index (χ4n) is 2.45. The largest absolute Gasteiger partial charge is 0.486 e. The molecule has 2 amide bonds. The van der Waals surface area contributed by atoms with Crippen molar-refractivity contribution >= 4 is 6.03 Å². The molecule has 2 aromatic carbocycles. The molecule has 1 heterocycles. The standard InChI is InChI=1S/C18H19FN2O3/c1-21(12-13-2-5-15(19)6-3-13)18(22)20-11-14-4-7-16-17(10-14)24-9-8-23-16/h2-7,10H,8-9,11-12H2,1H3,(H,20,22). The second-order valence-electron chi connectivity index (χ2n) is 5.62. The molecule has 1 N–H and O–H groups in total. The molecule has 0 aromatic heterocycles. The highest BCUT2D eigenvalue weighted by atomic mass is 19.1. The molecule has 1 aliphatic rings. The SMILES string of the molecule is CN(Cc1ccc(F)cc1)C(=O)NCc1ccc2c(c1)OCCO2. The van der Waals surface area contributed by atoms with Gasteiger partial charge in [0.05, 0.1) is 0 Å². The first-order chi connectivity index (χ1) is 11.6. The maximum Gasteiger partial charge on any atom is 0.317 e. The molecule has 126 valence electrons. The van der Waals surface area contributed by atoms with Crippen LogP contribution in [0.2, 0.25) is 0 Å². The van der Waals surface area contributed by atoms with Crippen molar-refractivity contribution in [3.63, 3.8) is 0 Å². The minimum Gasteiger partial charge on any atom is -0.486 e. The molecule has 0 bridgehead atoms. The van der Waals surface area contributed by atoms with E-state index in [1.165, 1.54) is 12.1 Å². The number of urea groups is 1. The normalized spacial score (nSPS) is 12.6. The van der Waals surface area contributed by atoms with Gasteiger partial charge in [-0.15, -0.1) is 0 Å². The van der Waals surface area contributed by atoms with E-state index in [-0.39, 0.29) is 11.8 Å². The van der Waals surface area contributed by atoms with E-state index >= 15 is 0 Å². The van der Waals surface area contributed by atoms with Gasteiger partial charge in [-0.2, -0.15) is 0 Å². The summed E-state index contributed by atoms with van der Waals surface area (Å²) in [6.07, 6.45) is 0. The van der Waals surface area contributed by atoms with Crippen LogP contribution in [-0.4, -0.2) is 31.2 Å². The van der Waals surface area contributed by atoms with Gasteiger partial charge in [0.1, 0.15) is 19.0 Å². The molecule has 2 aromatic rings. The Kier molecular flexibility index (Phi) is 4.84. The molecule has 5 nitrogen and oxygen atoms in total. The van der Waals surface area contributed by atoms with Crippen molar-refractivity contribution in [2.24, 2.45) is 0 Å². The quantitative estimate of drug-likeness (QED) is 0.938. The average Bonchev–Trinajstić information content (AvgIpc) is 2.61. The predicted octanol–water partition coefficient (Wildman–Crippen LogP) is 2.94. The van der Waals surface area contributed by atoms with Gasteiger partial charge in [0.15, 0.2) is 11.5 Å². The van der Waals surface area contributed by atoms with Crippen LogP contribution >= 0.6 is 0 Å². The molecular formula is C18H19FN2O3. The van der Waals surface area contributed by atoms with Crippen LogP contribution in [0.1, 0.15) is 11.1 Å². The molecular weight excluding hydrogens is 311 g/mol. The highest BCUT2D eigenvalue weighted by molar-refractivity contribution is 5.73. The van der Waals surface area contributed by atoms with Crippen molar-refractivity contribution in [1.29, 1.82) is 0 Å². The van der Waals surface area contributed by atoms with Gasteiger partial charge >= 0.3 is 6.03 Å². The Hall–Kier alpha value is -2.76. The molecule has 0 unspecified atom stereocenters. The van der Waals surface area contributed by atoms with E-state index in [0.29, 0.717) is 32.1 Å². The van der Waals surface area contributed by atoms with Crippen molar-refractivity contribution in [2.75, 3.05) is 20.3 Å². The molecule has 1 aliphatic heterocycles. The third-order valence-electron chi connectivity index (χ3n) is 3.73. The van der Waals surface area contributed by atoms with Crippen LogP contribution in [0.25, 0.3) is 0 Å². The van der Waals surface area contributed by atoms with E-state index in [0.717, 1.165) is 16.9 Å². The van der Waals surface area contributed by atoms with Gasteiger partial charge in [0.25, 0.3) is 0 Å². The van der Waals surface area contributed by atoms with Crippen LogP contribution in [0.15, 0.2) is 42.5 Å². The summed E-state index contributed by atoms with van der Waals surface area (Å²) in [6.45, 7) is 1.89. The third kappa shape index (κ3) is 3.95. The molecule has 0 spiro atoms. The van der Waals surface area contributed by atoms with Crippen LogP contribution in [0, 0.1) is 5.82 Å². The van der Waals surface area contributed by atoms with Crippen molar-refractivity contribution in [3.05, 3.63) is 59.4 Å². The molecule has 0 radical (unpaired) electrons. The van der Waals surface area contributed by atoms with Gasteiger partial charge in [0.2, 0.25) is 0 Å². The zero-order chi connectivity index (χ0) is 16.9. The van der Waals surface area contributed by atoms with Crippen LogP contribution in [0.3, 0.4) is 0 Å². The lowest BCUT2D eigenvalue weighted by Crippen LogP contribution is -2.36. The maximum atomic E-state index is 12.9. The maximum absolute atomic E-state index is 12.9. The number of fused-ring (bicyclic) bond motifs is 1. The number of nitrogens with zero attached hydrogens (tertiary/aromatic N) is 1. The molecule has 6 heteroatoms. The summed E-state index contributed by atoms with van der Waals surface area (Å²) in [7, 11) is 1.70. The van der Waals surface area contributed by atoms with Crippen LogP contribution in [-0.2, 0) is 13.1 Å². The highest BCUT2D eigenvalue weighted by Gasteiger charge is 2.13. The van der Waals surface area contributed by atoms with Gasteiger partial charge in [-0.1, -0.05) is 18.2 Å². The summed E-state index contributed by atoms with van der Waals surface area (Å²) in [5.41, 5.74) is 1.80. The molecule has 0 aliphatic carbocycles. The Morgan fingerprint density at radius 1 is 1.08 bits per heavy atom. The first-order valence-electron chi connectivity index (χ1n) is 7.74. The number of amides is 2. The molecule has 3 rings (SSSR count). The van der Waals surface area contributed by atoms with Gasteiger partial charge in [-0.3, -0.25) is 0 Å². The van der Waals surface area contributed by atoms with Gasteiger partial charge < -0.3 is 19.7 Å². The zero-order valence-electron chi connectivity index (χ0n) is 13.4. The van der Waals surface area contributed by atoms with E-state index < -0.39 is 0 Å². The summed E-state index contributed by atoms with van der Waals surface area (Å²) in [5, 5.41) is 2.85. The summed E-state index contributed by atoms with van der Waals surface area (Å²) in [5.74, 6) is 1.14. The van der Waals surface area contributed by atoms with Crippen molar-refractivity contribution in [3.8, 4) is 11.5 Å². The van der Waals surface area contributed by atoms with E-state index in [4.69, 9.17) is 9.47 Å². The fraction of sp³-hybridized carbons (Fsp3) is 0.278. The van der Waals surface area contributed by atoms with E-state index in [1.54, 1.807) is 24.1 Å². The minimum absolute atomic E-state index is 0.200. The molecule has 0 saturated carbocycles. The average molecular weight is 330 g/mol. The summed E-state index contributed by atoms with van der Waals surface area (Å²) in [4.78, 5) is 13.7. The van der Waals surface area contributed by atoms with Crippen molar-refractivity contribution in [1.82, 2.24) is 10.2 Å². The van der Waals surface area contributed by atoms with E-state index in [2.05, 4.69) is 5.32 Å². The predicted molar refractivity (Wildman–Crippen MR) is 87.5 cm³/mol. The van der Waals surface area contributed by atoms with Crippen molar-refractivity contribution in [2.45, 2.75) is 13.1 Å². The fourth-order valence-corrected chi connectivity index (χ4v) is 2.45. The Bertz CT molecular complexity index is 719. The van der Waals surface area contributed by atoms with Gasteiger partial charge in [-0.25, -0.2) is 9.18 Å². The van der Waals surface area contributed by atoms with E-state index in [9.17, 15) is 9.18 Å². The lowest BCUT2D eigenvalue weighted by molar-refractivity contribution is 0.171. The first-order valence-corrected chi connectivity index (χ1v) is 7.74. The topological polar surface area (TPSA) is 50.8 Å². The Morgan fingerprint density at radius 3 is 2.50 bits per heavy atom. The second-order valence-corrected chi connectivity index (χ2v) is 5.62. The van der Waals surface area contributed by atoms with E-state index in [1.807, 2.05) is 18.2 Å². The number of hydrogen-bond donors (Lipinski definition) is 1. The first kappa shape index (κ1) is 16.1. The van der Waals surface area contributed by atoms with Gasteiger partial charge in [0, 0.05) is 20.1 Å². The molecule has 0 fully saturated rings. The monoisotopic (exact) mass is 330 g/mol. The summed E-state index contributed by atoms with van der Waals surface area (Å²) < 4.78 is 23.9. The molecule has 0 atom stereocenters. The molecule has 0 saturated heterocycles. The lowest BCUT2D eigenvalue weighted by atomic mass is 10.2. The number of hydrogen-bond acceptors (Lipinski definition) is 3. The number of ether oxygens (including phenoxy) is 2. The lowest BCUT2D eigenvalue weighted by Gasteiger charge is -2.20. The number of benzene rings is 2. The van der Waals surface area contributed by atoms with Crippen LogP contribution < -0.4 is 14.8 Å². The summed E-state index contributed by atoms with van der Waals surface area (Å²) in [6, 6.07) is 11.5. The van der Waals surface area contributed by atoms with Crippen molar-refractivity contribution < 1.29 is 18.7 Å². The number of nitrogens with one attached hydrogen (secondary N) is 1.